The van der Waals surface area contributed by atoms with Crippen molar-refractivity contribution < 1.29 is 9.18 Å². The lowest BCUT2D eigenvalue weighted by Crippen LogP contribution is -2.24. The van der Waals surface area contributed by atoms with E-state index in [9.17, 15) is 9.18 Å². The van der Waals surface area contributed by atoms with Crippen molar-refractivity contribution in [2.24, 2.45) is 0 Å². The van der Waals surface area contributed by atoms with Gasteiger partial charge < -0.3 is 5.32 Å². The minimum absolute atomic E-state index is 0. The van der Waals surface area contributed by atoms with Crippen LogP contribution in [0.1, 0.15) is 32.1 Å². The first-order chi connectivity index (χ1) is 13.1. The Bertz CT molecular complexity index is 1010. The van der Waals surface area contributed by atoms with Crippen molar-refractivity contribution in [3.8, 4) is 0 Å². The molecular weight excluding hydrogens is 422 g/mol. The Morgan fingerprint density at radius 1 is 1.21 bits per heavy atom. The molecular formula is C19H17Cl2FN4OS. The van der Waals surface area contributed by atoms with Gasteiger partial charge >= 0.3 is 0 Å². The Morgan fingerprint density at radius 2 is 2.07 bits per heavy atom. The highest BCUT2D eigenvalue weighted by Gasteiger charge is 2.15. The first kappa shape index (κ1) is 20.7. The molecule has 146 valence electrons. The van der Waals surface area contributed by atoms with Crippen molar-refractivity contribution >= 4 is 46.4 Å². The number of hydrogen-bond donors (Lipinski definition) is 2. The zero-order valence-electron chi connectivity index (χ0n) is 14.7. The number of fused-ring (bicyclic) bond motifs is 1. The van der Waals surface area contributed by atoms with Crippen LogP contribution < -0.4 is 10.6 Å². The van der Waals surface area contributed by atoms with Gasteiger partial charge in [-0.05, 0) is 53.9 Å². The van der Waals surface area contributed by atoms with E-state index in [0.717, 1.165) is 19.5 Å². The van der Waals surface area contributed by atoms with Crippen LogP contribution in [0.25, 0.3) is 0 Å². The summed E-state index contributed by atoms with van der Waals surface area (Å²) in [5, 5.41) is 15.5. The van der Waals surface area contributed by atoms with E-state index in [4.69, 9.17) is 11.6 Å². The lowest BCUT2D eigenvalue weighted by Gasteiger charge is -2.17. The summed E-state index contributed by atoms with van der Waals surface area (Å²) in [6, 6.07) is 10.2. The van der Waals surface area contributed by atoms with E-state index in [-0.39, 0.29) is 24.1 Å². The first-order valence-electron chi connectivity index (χ1n) is 8.48. The van der Waals surface area contributed by atoms with Gasteiger partial charge in [0.25, 0.3) is 5.91 Å². The lowest BCUT2D eigenvalue weighted by molar-refractivity contribution is 0.102. The molecule has 2 N–H and O–H groups in total. The number of rotatable bonds is 4. The molecule has 9 heteroatoms. The Kier molecular flexibility index (Phi) is 6.61. The van der Waals surface area contributed by atoms with Crippen LogP contribution in [-0.2, 0) is 19.4 Å². The average Bonchev–Trinajstić information content (AvgIpc) is 3.10. The number of benzene rings is 2. The number of halogens is 3. The monoisotopic (exact) mass is 438 g/mol. The van der Waals surface area contributed by atoms with Crippen LogP contribution in [0, 0.1) is 5.82 Å². The van der Waals surface area contributed by atoms with Gasteiger partial charge in [-0.3, -0.25) is 10.1 Å². The molecule has 0 unspecified atom stereocenters. The van der Waals surface area contributed by atoms with Crippen LogP contribution in [-0.4, -0.2) is 22.6 Å². The molecule has 0 radical (unpaired) electrons. The summed E-state index contributed by atoms with van der Waals surface area (Å²) in [5.41, 5.74) is 3.49. The molecule has 2 aromatic carbocycles. The summed E-state index contributed by atoms with van der Waals surface area (Å²) in [6.07, 6.45) is 1.20. The summed E-state index contributed by atoms with van der Waals surface area (Å²) < 4.78 is 13.9. The van der Waals surface area contributed by atoms with Crippen LogP contribution in [0.3, 0.4) is 0 Å². The molecule has 0 aliphatic carbocycles. The second kappa shape index (κ2) is 8.96. The van der Waals surface area contributed by atoms with Crippen LogP contribution in [0.5, 0.6) is 0 Å². The van der Waals surface area contributed by atoms with Gasteiger partial charge in [-0.2, -0.15) is 0 Å². The molecule has 0 spiro atoms. The number of carbonyl (C=O) groups excluding carboxylic acids is 1. The fourth-order valence-corrected chi connectivity index (χ4v) is 3.91. The van der Waals surface area contributed by atoms with Crippen LogP contribution in [0.15, 0.2) is 36.4 Å². The van der Waals surface area contributed by atoms with Gasteiger partial charge in [0.1, 0.15) is 10.8 Å². The van der Waals surface area contributed by atoms with E-state index in [0.29, 0.717) is 32.7 Å². The summed E-state index contributed by atoms with van der Waals surface area (Å²) in [7, 11) is 0. The molecule has 2 heterocycles. The maximum atomic E-state index is 13.9. The third kappa shape index (κ3) is 4.67. The van der Waals surface area contributed by atoms with Gasteiger partial charge in [0.15, 0.2) is 0 Å². The van der Waals surface area contributed by atoms with E-state index < -0.39 is 0 Å². The highest BCUT2D eigenvalue weighted by molar-refractivity contribution is 7.15. The molecule has 0 atom stereocenters. The quantitative estimate of drug-likeness (QED) is 0.638. The Morgan fingerprint density at radius 3 is 2.89 bits per heavy atom. The standard InChI is InChI=1S/C19H16ClFN4OS.ClH/c20-15-4-3-12(16(21)9-15)8-17-24-25-19(27-17)23-18(26)13-1-2-14-10-22-6-5-11(14)7-13;/h1-4,7,9,22H,5-6,8,10H2,(H,23,25,26);1H. The molecule has 5 nitrogen and oxygen atoms in total. The molecule has 1 aromatic heterocycles. The van der Waals surface area contributed by atoms with Crippen LogP contribution >= 0.6 is 35.3 Å². The second-order valence-electron chi connectivity index (χ2n) is 6.28. The lowest BCUT2D eigenvalue weighted by atomic mass is 9.98. The maximum Gasteiger partial charge on any atom is 0.257 e. The van der Waals surface area contributed by atoms with Crippen molar-refractivity contribution in [1.82, 2.24) is 15.5 Å². The van der Waals surface area contributed by atoms with Crippen LogP contribution in [0.4, 0.5) is 9.52 Å². The van der Waals surface area contributed by atoms with Gasteiger partial charge in [-0.1, -0.05) is 35.1 Å². The number of nitrogens with zero attached hydrogens (tertiary/aromatic N) is 2. The first-order valence-corrected chi connectivity index (χ1v) is 9.68. The Balaban J connectivity index is 0.00000225. The zero-order valence-corrected chi connectivity index (χ0v) is 17.1. The highest BCUT2D eigenvalue weighted by Crippen LogP contribution is 2.23. The molecule has 3 aromatic rings. The molecule has 4 rings (SSSR count). The second-order valence-corrected chi connectivity index (χ2v) is 7.78. The van der Waals surface area contributed by atoms with E-state index in [1.54, 1.807) is 12.1 Å². The fourth-order valence-electron chi connectivity index (χ4n) is 2.99. The molecule has 0 saturated carbocycles. The summed E-state index contributed by atoms with van der Waals surface area (Å²) in [4.78, 5) is 12.5. The third-order valence-corrected chi connectivity index (χ3v) is 5.47. The summed E-state index contributed by atoms with van der Waals surface area (Å²) in [6.45, 7) is 1.75. The van der Waals surface area contributed by atoms with Gasteiger partial charge in [0.05, 0.1) is 0 Å². The molecule has 0 fully saturated rings. The van der Waals surface area contributed by atoms with Crippen molar-refractivity contribution in [2.75, 3.05) is 11.9 Å². The van der Waals surface area contributed by atoms with Gasteiger partial charge in [0, 0.05) is 23.6 Å². The van der Waals surface area contributed by atoms with Gasteiger partial charge in [-0.25, -0.2) is 4.39 Å². The zero-order chi connectivity index (χ0) is 18.8. The molecule has 1 aliphatic heterocycles. The number of aromatic nitrogens is 2. The number of nitrogens with one attached hydrogen (secondary N) is 2. The van der Waals surface area contributed by atoms with Crippen molar-refractivity contribution in [3.63, 3.8) is 0 Å². The van der Waals surface area contributed by atoms with Gasteiger partial charge in [0.2, 0.25) is 5.13 Å². The number of carbonyl (C=O) groups is 1. The predicted octanol–water partition coefficient (Wildman–Crippen LogP) is 4.24. The fraction of sp³-hybridized carbons (Fsp3) is 0.211. The maximum absolute atomic E-state index is 13.9. The van der Waals surface area contributed by atoms with Crippen molar-refractivity contribution in [3.05, 3.63) is 74.5 Å². The van der Waals surface area contributed by atoms with E-state index in [1.165, 1.54) is 28.5 Å². The average molecular weight is 439 g/mol. The molecule has 28 heavy (non-hydrogen) atoms. The van der Waals surface area contributed by atoms with E-state index in [2.05, 4.69) is 20.8 Å². The molecule has 0 bridgehead atoms. The minimum Gasteiger partial charge on any atom is -0.312 e. The predicted molar refractivity (Wildman–Crippen MR) is 111 cm³/mol. The van der Waals surface area contributed by atoms with Crippen LogP contribution in [0.2, 0.25) is 5.02 Å². The Hall–Kier alpha value is -2.06. The largest absolute Gasteiger partial charge is 0.312 e. The smallest absolute Gasteiger partial charge is 0.257 e. The number of anilines is 1. The minimum atomic E-state index is -0.383. The van der Waals surface area contributed by atoms with Crippen molar-refractivity contribution in [2.45, 2.75) is 19.4 Å². The Labute approximate surface area is 176 Å². The SMILES string of the molecule is Cl.O=C(Nc1nnc(Cc2ccc(Cl)cc2F)s1)c1ccc2c(c1)CCNC2. The molecule has 1 aliphatic rings. The van der Waals surface area contributed by atoms with Gasteiger partial charge in [-0.15, -0.1) is 22.6 Å². The number of amides is 1. The number of hydrogen-bond acceptors (Lipinski definition) is 5. The van der Waals surface area contributed by atoms with E-state index >= 15 is 0 Å². The summed E-state index contributed by atoms with van der Waals surface area (Å²) in [5.74, 6) is -0.608. The summed E-state index contributed by atoms with van der Waals surface area (Å²) >= 11 is 7.00. The highest BCUT2D eigenvalue weighted by atomic mass is 35.5. The topological polar surface area (TPSA) is 66.9 Å². The molecule has 1 amide bonds. The normalized spacial score (nSPS) is 12.8. The molecule has 0 saturated heterocycles. The third-order valence-electron chi connectivity index (χ3n) is 4.40. The van der Waals surface area contributed by atoms with Crippen molar-refractivity contribution in [1.29, 1.82) is 0 Å². The van der Waals surface area contributed by atoms with E-state index in [1.807, 2.05) is 18.2 Å².